The van der Waals surface area contributed by atoms with E-state index in [4.69, 9.17) is 4.98 Å². The molecule has 6 nitrogen and oxygen atoms in total. The van der Waals surface area contributed by atoms with E-state index in [1.54, 1.807) is 0 Å². The highest BCUT2D eigenvalue weighted by atomic mass is 15.0. The van der Waals surface area contributed by atoms with Crippen LogP contribution < -0.4 is 10.6 Å². The minimum atomic E-state index is 0.377. The van der Waals surface area contributed by atoms with Crippen molar-refractivity contribution in [3.05, 3.63) is 71.6 Å². The maximum atomic E-state index is 5.08. The molecule has 1 fully saturated rings. The lowest BCUT2D eigenvalue weighted by atomic mass is 9.95. The summed E-state index contributed by atoms with van der Waals surface area (Å²) in [5.41, 5.74) is 9.88. The van der Waals surface area contributed by atoms with Crippen LogP contribution in [0.5, 0.6) is 0 Å². The van der Waals surface area contributed by atoms with Crippen LogP contribution in [-0.4, -0.2) is 33.0 Å². The Kier molecular flexibility index (Phi) is 6.23. The van der Waals surface area contributed by atoms with Crippen molar-refractivity contribution in [3.8, 4) is 33.6 Å². The first-order chi connectivity index (χ1) is 17.3. The van der Waals surface area contributed by atoms with Crippen molar-refractivity contribution < 1.29 is 0 Å². The van der Waals surface area contributed by atoms with Crippen LogP contribution in [0, 0.1) is 0 Å². The van der Waals surface area contributed by atoms with Crippen LogP contribution in [0.2, 0.25) is 0 Å². The van der Waals surface area contributed by atoms with E-state index in [-0.39, 0.29) is 0 Å². The molecule has 0 spiro atoms. The molecule has 180 valence electrons. The Bertz CT molecular complexity index is 1290. The van der Waals surface area contributed by atoms with Crippen molar-refractivity contribution in [1.29, 1.82) is 0 Å². The Hall–Kier alpha value is -3.22. The number of benzene rings is 2. The van der Waals surface area contributed by atoms with Gasteiger partial charge in [-0.2, -0.15) is 0 Å². The number of fused-ring (bicyclic) bond motifs is 3. The number of aromatic amines is 2. The summed E-state index contributed by atoms with van der Waals surface area (Å²) < 4.78 is 0. The summed E-state index contributed by atoms with van der Waals surface area (Å²) in [6.45, 7) is 5.04. The number of nitrogens with one attached hydrogen (secondary N) is 4. The zero-order valence-corrected chi connectivity index (χ0v) is 20.5. The van der Waals surface area contributed by atoms with Gasteiger partial charge < -0.3 is 20.6 Å². The maximum absolute atomic E-state index is 5.08. The molecule has 1 atom stereocenters. The second kappa shape index (κ2) is 9.80. The van der Waals surface area contributed by atoms with E-state index in [1.165, 1.54) is 40.8 Å². The summed E-state index contributed by atoms with van der Waals surface area (Å²) in [5.74, 6) is 2.09. The van der Waals surface area contributed by atoms with E-state index in [0.29, 0.717) is 6.04 Å². The number of hydrogen-bond donors (Lipinski definition) is 4. The van der Waals surface area contributed by atoms with E-state index < -0.39 is 0 Å². The molecule has 35 heavy (non-hydrogen) atoms. The Morgan fingerprint density at radius 1 is 0.971 bits per heavy atom. The second-order valence-electron chi connectivity index (χ2n) is 9.82. The normalized spacial score (nSPS) is 17.2. The third-order valence-electron chi connectivity index (χ3n) is 7.30. The fraction of sp³-hybridized carbons (Fsp3) is 0.379. The van der Waals surface area contributed by atoms with Crippen LogP contribution in [0.25, 0.3) is 33.6 Å². The molecule has 0 radical (unpaired) electrons. The van der Waals surface area contributed by atoms with E-state index in [9.17, 15) is 0 Å². The highest BCUT2D eigenvalue weighted by Crippen LogP contribution is 2.36. The zero-order chi connectivity index (χ0) is 23.6. The number of hydrogen-bond acceptors (Lipinski definition) is 4. The molecule has 2 aliphatic rings. The standard InChI is InChI=1S/C29H34N6/c1-2-14-30-18-27-32-17-26(33-27)20-10-8-19(9-11-20)21-12-13-23-22(16-21)5-3-6-24-28(23)35-29(34-24)25-7-4-15-31-25/h8-13,16-17,25,30-31H,2-7,14-15,18H2,1H3,(H,32,33)(H,34,35)/t25-/m0/s1. The average molecular weight is 467 g/mol. The van der Waals surface area contributed by atoms with E-state index in [1.807, 2.05) is 6.20 Å². The molecule has 0 saturated carbocycles. The van der Waals surface area contributed by atoms with Crippen LogP contribution in [0.3, 0.4) is 0 Å². The highest BCUT2D eigenvalue weighted by Gasteiger charge is 2.24. The smallest absolute Gasteiger partial charge is 0.124 e. The van der Waals surface area contributed by atoms with Crippen LogP contribution in [0.15, 0.2) is 48.7 Å². The SMILES string of the molecule is CCCNCc1ncc(-c2ccc(-c3ccc4c(c3)CCCc3[nH]c([C@@H]5CCCN5)nc3-4)cc2)[nH]1. The van der Waals surface area contributed by atoms with Crippen molar-refractivity contribution in [2.45, 2.75) is 58.0 Å². The van der Waals surface area contributed by atoms with Gasteiger partial charge >= 0.3 is 0 Å². The predicted molar refractivity (Wildman–Crippen MR) is 141 cm³/mol. The molecular weight excluding hydrogens is 432 g/mol. The van der Waals surface area contributed by atoms with E-state index >= 15 is 0 Å². The van der Waals surface area contributed by atoms with Crippen molar-refractivity contribution in [1.82, 2.24) is 30.6 Å². The molecule has 0 bridgehead atoms. The molecule has 1 saturated heterocycles. The molecule has 0 amide bonds. The Morgan fingerprint density at radius 3 is 2.66 bits per heavy atom. The third-order valence-corrected chi connectivity index (χ3v) is 7.30. The molecule has 4 N–H and O–H groups in total. The summed E-state index contributed by atoms with van der Waals surface area (Å²) in [6.07, 6.45) is 8.75. The van der Waals surface area contributed by atoms with Gasteiger partial charge in [-0.1, -0.05) is 49.4 Å². The second-order valence-corrected chi connectivity index (χ2v) is 9.82. The summed E-state index contributed by atoms with van der Waals surface area (Å²) >= 11 is 0. The van der Waals surface area contributed by atoms with Gasteiger partial charge in [0.25, 0.3) is 0 Å². The van der Waals surface area contributed by atoms with Crippen LogP contribution in [0.4, 0.5) is 0 Å². The highest BCUT2D eigenvalue weighted by molar-refractivity contribution is 5.75. The largest absolute Gasteiger partial charge is 0.344 e. The first-order valence-corrected chi connectivity index (χ1v) is 13.1. The first kappa shape index (κ1) is 22.3. The van der Waals surface area contributed by atoms with Crippen molar-refractivity contribution in [2.75, 3.05) is 13.1 Å². The van der Waals surface area contributed by atoms with Gasteiger partial charge in [-0.15, -0.1) is 0 Å². The van der Waals surface area contributed by atoms with E-state index in [2.05, 4.69) is 75.0 Å². The van der Waals surface area contributed by atoms with Crippen LogP contribution in [0.1, 0.15) is 61.6 Å². The van der Waals surface area contributed by atoms with Gasteiger partial charge in [0, 0.05) is 11.3 Å². The van der Waals surface area contributed by atoms with E-state index in [0.717, 1.165) is 73.9 Å². The Balaban J connectivity index is 1.23. The maximum Gasteiger partial charge on any atom is 0.124 e. The molecule has 1 aliphatic heterocycles. The van der Waals surface area contributed by atoms with Crippen molar-refractivity contribution in [3.63, 3.8) is 0 Å². The number of aryl methyl sites for hydroxylation is 2. The van der Waals surface area contributed by atoms with Crippen molar-refractivity contribution >= 4 is 0 Å². The lowest BCUT2D eigenvalue weighted by Crippen LogP contribution is -2.14. The lowest BCUT2D eigenvalue weighted by molar-refractivity contribution is 0.610. The molecule has 2 aromatic carbocycles. The molecule has 6 rings (SSSR count). The first-order valence-electron chi connectivity index (χ1n) is 13.1. The van der Waals surface area contributed by atoms with Gasteiger partial charge in [-0.05, 0) is 73.9 Å². The van der Waals surface area contributed by atoms with Crippen LogP contribution >= 0.6 is 0 Å². The minimum absolute atomic E-state index is 0.377. The molecule has 6 heteroatoms. The Morgan fingerprint density at radius 2 is 1.83 bits per heavy atom. The van der Waals surface area contributed by atoms with Crippen LogP contribution in [-0.2, 0) is 19.4 Å². The number of H-pyrrole nitrogens is 2. The minimum Gasteiger partial charge on any atom is -0.344 e. The average Bonchev–Trinajstić information content (AvgIpc) is 3.64. The monoisotopic (exact) mass is 466 g/mol. The molecular formula is C29H34N6. The van der Waals surface area contributed by atoms with Gasteiger partial charge in [0.15, 0.2) is 0 Å². The topological polar surface area (TPSA) is 81.4 Å². The molecule has 0 unspecified atom stereocenters. The molecule has 3 heterocycles. The number of aromatic nitrogens is 4. The molecule has 2 aromatic heterocycles. The summed E-state index contributed by atoms with van der Waals surface area (Å²) in [5, 5.41) is 6.97. The predicted octanol–water partition coefficient (Wildman–Crippen LogP) is 5.55. The quantitative estimate of drug-likeness (QED) is 0.269. The fourth-order valence-electron chi connectivity index (χ4n) is 5.41. The Labute approximate surface area is 207 Å². The summed E-state index contributed by atoms with van der Waals surface area (Å²) in [4.78, 5) is 16.7. The molecule has 1 aliphatic carbocycles. The van der Waals surface area contributed by atoms with Gasteiger partial charge in [-0.3, -0.25) is 0 Å². The fourth-order valence-corrected chi connectivity index (χ4v) is 5.41. The molecule has 4 aromatic rings. The van der Waals surface area contributed by atoms with Gasteiger partial charge in [-0.25, -0.2) is 9.97 Å². The lowest BCUT2D eigenvalue weighted by Gasteiger charge is -2.10. The van der Waals surface area contributed by atoms with Gasteiger partial charge in [0.1, 0.15) is 11.6 Å². The van der Waals surface area contributed by atoms with Gasteiger partial charge in [0.2, 0.25) is 0 Å². The van der Waals surface area contributed by atoms with Gasteiger partial charge in [0.05, 0.1) is 30.2 Å². The summed E-state index contributed by atoms with van der Waals surface area (Å²) in [7, 11) is 0. The summed E-state index contributed by atoms with van der Waals surface area (Å²) in [6, 6.07) is 16.1. The number of nitrogens with zero attached hydrogens (tertiary/aromatic N) is 2. The zero-order valence-electron chi connectivity index (χ0n) is 20.5. The third kappa shape index (κ3) is 4.56. The number of rotatable bonds is 7. The number of imidazole rings is 2. The van der Waals surface area contributed by atoms with Crippen molar-refractivity contribution in [2.24, 2.45) is 0 Å².